The number of nitrogens with zero attached hydrogens (tertiary/aromatic N) is 1. The van der Waals surface area contributed by atoms with E-state index in [9.17, 15) is 13.2 Å². The summed E-state index contributed by atoms with van der Waals surface area (Å²) in [6, 6.07) is 5.64. The normalized spacial score (nSPS) is 11.9. The summed E-state index contributed by atoms with van der Waals surface area (Å²) < 4.78 is 38.8. The highest BCUT2D eigenvalue weighted by Crippen LogP contribution is 2.36. The molecule has 2 nitrogen and oxygen atoms in total. The van der Waals surface area contributed by atoms with Crippen LogP contribution in [0.25, 0.3) is 0 Å². The molecule has 1 rings (SSSR count). The summed E-state index contributed by atoms with van der Waals surface area (Å²) in [6.07, 6.45) is -4.33. The molecule has 5 heteroatoms. The van der Waals surface area contributed by atoms with Crippen molar-refractivity contribution in [2.75, 3.05) is 24.5 Å². The van der Waals surface area contributed by atoms with Crippen molar-refractivity contribution in [1.29, 1.82) is 0 Å². The van der Waals surface area contributed by atoms with Crippen LogP contribution in [-0.2, 0) is 6.18 Å². The second kappa shape index (κ2) is 6.09. The van der Waals surface area contributed by atoms with Gasteiger partial charge in [-0.05, 0) is 18.1 Å². The number of anilines is 1. The number of alkyl halides is 3. The van der Waals surface area contributed by atoms with E-state index in [-0.39, 0.29) is 11.6 Å². The number of hydrogen-bond acceptors (Lipinski definition) is 2. The predicted octanol–water partition coefficient (Wildman–Crippen LogP) is 3.13. The summed E-state index contributed by atoms with van der Waals surface area (Å²) in [5.41, 5.74) is 5.09. The molecule has 0 aromatic heterocycles. The van der Waals surface area contributed by atoms with E-state index in [1.54, 1.807) is 11.0 Å². The van der Waals surface area contributed by atoms with Crippen molar-refractivity contribution in [3.63, 3.8) is 0 Å². The lowest BCUT2D eigenvalue weighted by Crippen LogP contribution is -2.34. The average Bonchev–Trinajstić information content (AvgIpc) is 2.27. The van der Waals surface area contributed by atoms with E-state index in [1.165, 1.54) is 12.1 Å². The zero-order valence-electron chi connectivity index (χ0n) is 10.7. The number of nitrogens with two attached hydrogens (primary N) is 1. The summed E-state index contributed by atoms with van der Waals surface area (Å²) in [7, 11) is 0. The third kappa shape index (κ3) is 3.91. The first-order chi connectivity index (χ1) is 8.36. The lowest BCUT2D eigenvalue weighted by Gasteiger charge is -2.28. The lowest BCUT2D eigenvalue weighted by molar-refractivity contribution is -0.137. The second-order valence-corrected chi connectivity index (χ2v) is 4.64. The largest absolute Gasteiger partial charge is 0.418 e. The van der Waals surface area contributed by atoms with Crippen molar-refractivity contribution in [3.8, 4) is 0 Å². The minimum Gasteiger partial charge on any atom is -0.370 e. The molecule has 0 fully saturated rings. The molecule has 102 valence electrons. The molecule has 0 heterocycles. The fourth-order valence-electron chi connectivity index (χ4n) is 1.90. The van der Waals surface area contributed by atoms with Gasteiger partial charge in [0.05, 0.1) is 5.56 Å². The maximum Gasteiger partial charge on any atom is 0.418 e. The summed E-state index contributed by atoms with van der Waals surface area (Å²) in [6.45, 7) is 5.26. The van der Waals surface area contributed by atoms with Gasteiger partial charge >= 0.3 is 6.18 Å². The van der Waals surface area contributed by atoms with E-state index >= 15 is 0 Å². The second-order valence-electron chi connectivity index (χ2n) is 4.64. The Hall–Kier alpha value is -1.23. The van der Waals surface area contributed by atoms with E-state index in [4.69, 9.17) is 5.73 Å². The van der Waals surface area contributed by atoms with Gasteiger partial charge in [-0.2, -0.15) is 13.2 Å². The van der Waals surface area contributed by atoms with Crippen LogP contribution in [0.3, 0.4) is 0 Å². The minimum atomic E-state index is -4.33. The van der Waals surface area contributed by atoms with Crippen LogP contribution in [0.15, 0.2) is 24.3 Å². The Morgan fingerprint density at radius 3 is 2.33 bits per heavy atom. The molecule has 0 amide bonds. The molecule has 1 aromatic carbocycles. The van der Waals surface area contributed by atoms with Crippen LogP contribution in [0, 0.1) is 5.92 Å². The topological polar surface area (TPSA) is 29.3 Å². The Kier molecular flexibility index (Phi) is 5.02. The molecule has 0 aliphatic carbocycles. The van der Waals surface area contributed by atoms with Crippen LogP contribution in [0.4, 0.5) is 18.9 Å². The third-order valence-electron chi connectivity index (χ3n) is 2.53. The first-order valence-electron chi connectivity index (χ1n) is 5.97. The SMILES string of the molecule is CC(C)CN(CCN)c1ccccc1C(F)(F)F. The number of halogens is 3. The van der Waals surface area contributed by atoms with Crippen molar-refractivity contribution in [2.45, 2.75) is 20.0 Å². The van der Waals surface area contributed by atoms with Crippen LogP contribution in [-0.4, -0.2) is 19.6 Å². The quantitative estimate of drug-likeness (QED) is 0.881. The Morgan fingerprint density at radius 2 is 1.83 bits per heavy atom. The first-order valence-corrected chi connectivity index (χ1v) is 5.97. The number of para-hydroxylation sites is 1. The maximum absolute atomic E-state index is 12.9. The van der Waals surface area contributed by atoms with Gasteiger partial charge in [0.2, 0.25) is 0 Å². The Bertz CT molecular complexity index is 375. The smallest absolute Gasteiger partial charge is 0.370 e. The maximum atomic E-state index is 12.9. The molecule has 2 N–H and O–H groups in total. The highest BCUT2D eigenvalue weighted by Gasteiger charge is 2.34. The van der Waals surface area contributed by atoms with E-state index in [0.717, 1.165) is 6.07 Å². The molecule has 1 aromatic rings. The summed E-state index contributed by atoms with van der Waals surface area (Å²) in [5, 5.41) is 0. The van der Waals surface area contributed by atoms with Crippen LogP contribution in [0.5, 0.6) is 0 Å². The van der Waals surface area contributed by atoms with E-state index in [1.807, 2.05) is 13.8 Å². The number of hydrogen-bond donors (Lipinski definition) is 1. The molecule has 0 saturated heterocycles. The minimum absolute atomic E-state index is 0.212. The van der Waals surface area contributed by atoms with E-state index in [2.05, 4.69) is 0 Å². The fraction of sp³-hybridized carbons (Fsp3) is 0.538. The van der Waals surface area contributed by atoms with Crippen LogP contribution in [0.1, 0.15) is 19.4 Å². The first kappa shape index (κ1) is 14.8. The van der Waals surface area contributed by atoms with Gasteiger partial charge in [-0.25, -0.2) is 0 Å². The molecular weight excluding hydrogens is 241 g/mol. The Balaban J connectivity index is 3.11. The van der Waals surface area contributed by atoms with Crippen molar-refractivity contribution >= 4 is 5.69 Å². The fourth-order valence-corrected chi connectivity index (χ4v) is 1.90. The summed E-state index contributed by atoms with van der Waals surface area (Å²) in [4.78, 5) is 1.70. The molecule has 0 aliphatic rings. The molecule has 0 unspecified atom stereocenters. The number of benzene rings is 1. The van der Waals surface area contributed by atoms with Crippen molar-refractivity contribution < 1.29 is 13.2 Å². The molecule has 0 atom stereocenters. The van der Waals surface area contributed by atoms with Gasteiger partial charge < -0.3 is 10.6 Å². The zero-order valence-corrected chi connectivity index (χ0v) is 10.7. The molecule has 0 saturated carbocycles. The average molecular weight is 260 g/mol. The molecule has 0 bridgehead atoms. The summed E-state index contributed by atoms with van der Waals surface area (Å²) in [5.74, 6) is 0.276. The van der Waals surface area contributed by atoms with Gasteiger partial charge in [-0.3, -0.25) is 0 Å². The van der Waals surface area contributed by atoms with Crippen molar-refractivity contribution in [2.24, 2.45) is 11.7 Å². The van der Waals surface area contributed by atoms with Gasteiger partial charge in [0.1, 0.15) is 0 Å². The van der Waals surface area contributed by atoms with Gasteiger partial charge in [0.15, 0.2) is 0 Å². The molecule has 0 radical (unpaired) electrons. The molecule has 0 spiro atoms. The molecule has 0 aliphatic heterocycles. The molecular formula is C13H19F3N2. The zero-order chi connectivity index (χ0) is 13.8. The van der Waals surface area contributed by atoms with Crippen LogP contribution < -0.4 is 10.6 Å². The van der Waals surface area contributed by atoms with Crippen molar-refractivity contribution in [1.82, 2.24) is 0 Å². The Morgan fingerprint density at radius 1 is 1.22 bits per heavy atom. The summed E-state index contributed by atoms with van der Waals surface area (Å²) >= 11 is 0. The van der Waals surface area contributed by atoms with Gasteiger partial charge in [0.25, 0.3) is 0 Å². The molecule has 18 heavy (non-hydrogen) atoms. The van der Waals surface area contributed by atoms with Crippen LogP contribution in [0.2, 0.25) is 0 Å². The van der Waals surface area contributed by atoms with Crippen molar-refractivity contribution in [3.05, 3.63) is 29.8 Å². The monoisotopic (exact) mass is 260 g/mol. The van der Waals surface area contributed by atoms with Crippen LogP contribution >= 0.6 is 0 Å². The Labute approximate surface area is 106 Å². The van der Waals surface area contributed by atoms with Gasteiger partial charge in [-0.15, -0.1) is 0 Å². The predicted molar refractivity (Wildman–Crippen MR) is 67.5 cm³/mol. The lowest BCUT2D eigenvalue weighted by atomic mass is 10.1. The highest BCUT2D eigenvalue weighted by atomic mass is 19.4. The highest BCUT2D eigenvalue weighted by molar-refractivity contribution is 5.55. The van der Waals surface area contributed by atoms with E-state index in [0.29, 0.717) is 19.6 Å². The van der Waals surface area contributed by atoms with E-state index < -0.39 is 11.7 Å². The standard InChI is InChI=1S/C13H19F3N2/c1-10(2)9-18(8-7-17)12-6-4-3-5-11(12)13(14,15)16/h3-6,10H,7-9,17H2,1-2H3. The van der Waals surface area contributed by atoms with Gasteiger partial charge in [0, 0.05) is 25.3 Å². The third-order valence-corrected chi connectivity index (χ3v) is 2.53. The number of rotatable bonds is 5. The van der Waals surface area contributed by atoms with Gasteiger partial charge in [-0.1, -0.05) is 26.0 Å².